The highest BCUT2D eigenvalue weighted by molar-refractivity contribution is 6.30. The Bertz CT molecular complexity index is 1110. The van der Waals surface area contributed by atoms with E-state index in [-0.39, 0.29) is 30.0 Å². The molecule has 0 aliphatic heterocycles. The third-order valence-corrected chi connectivity index (χ3v) is 7.55. The van der Waals surface area contributed by atoms with Gasteiger partial charge in [-0.05, 0) is 91.3 Å². The molecule has 0 spiro atoms. The topological polar surface area (TPSA) is 54.9 Å². The highest BCUT2D eigenvalue weighted by Gasteiger charge is 2.44. The molecule has 4 nitrogen and oxygen atoms in total. The summed E-state index contributed by atoms with van der Waals surface area (Å²) in [5.74, 6) is 2.35. The quantitative estimate of drug-likeness (QED) is 0.461. The van der Waals surface area contributed by atoms with Crippen LogP contribution in [0.1, 0.15) is 44.1 Å². The molecule has 2 saturated carbocycles. The van der Waals surface area contributed by atoms with E-state index in [9.17, 15) is 9.18 Å². The molecule has 0 radical (unpaired) electrons. The molecule has 3 aromatic rings. The van der Waals surface area contributed by atoms with Crippen LogP contribution in [0.3, 0.4) is 0 Å². The number of pyridine rings is 2. The number of carbonyl (C=O) groups is 1. The number of anilines is 1. The van der Waals surface area contributed by atoms with Gasteiger partial charge >= 0.3 is 0 Å². The first kappa shape index (κ1) is 22.9. The molecule has 0 bridgehead atoms. The molecule has 32 heavy (non-hydrogen) atoms. The van der Waals surface area contributed by atoms with Crippen molar-refractivity contribution in [3.63, 3.8) is 0 Å². The predicted octanol–water partition coefficient (Wildman–Crippen LogP) is 6.64. The van der Waals surface area contributed by atoms with Crippen molar-refractivity contribution in [2.75, 3.05) is 5.32 Å². The molecule has 0 saturated heterocycles. The summed E-state index contributed by atoms with van der Waals surface area (Å²) < 4.78 is 13.8. The molecule has 168 valence electrons. The highest BCUT2D eigenvalue weighted by atomic mass is 35.5. The van der Waals surface area contributed by atoms with E-state index in [1.807, 2.05) is 13.1 Å². The standard InChI is InChI=1S/C25H25ClFN3O.ClH/c1-14(25(31)30-24-5-2-19(26)13-29-24)15-8-16-10-18(11-17(16)9-15)21-6-7-28-23-4-3-20(27)12-22(21)23;/h2-7,12-18H,8-11H2,1H3,(H,29,30,31);1H/t14-,15?,16-,17+,18?;/m1./s1. The third kappa shape index (κ3) is 4.46. The van der Waals surface area contributed by atoms with Gasteiger partial charge in [-0.1, -0.05) is 18.5 Å². The van der Waals surface area contributed by atoms with Crippen LogP contribution < -0.4 is 5.32 Å². The van der Waals surface area contributed by atoms with Crippen molar-refractivity contribution in [3.05, 3.63) is 65.2 Å². The molecule has 1 aromatic carbocycles. The third-order valence-electron chi connectivity index (χ3n) is 7.33. The molecule has 1 amide bonds. The summed E-state index contributed by atoms with van der Waals surface area (Å²) in [6, 6.07) is 10.4. The summed E-state index contributed by atoms with van der Waals surface area (Å²) >= 11 is 5.87. The largest absolute Gasteiger partial charge is 0.310 e. The number of aromatic nitrogens is 2. The first-order chi connectivity index (χ1) is 15.0. The van der Waals surface area contributed by atoms with Crippen molar-refractivity contribution in [2.45, 2.75) is 38.5 Å². The van der Waals surface area contributed by atoms with Gasteiger partial charge in [0.2, 0.25) is 5.91 Å². The number of fused-ring (bicyclic) bond motifs is 2. The Morgan fingerprint density at radius 1 is 1.09 bits per heavy atom. The molecule has 2 unspecified atom stereocenters. The fraction of sp³-hybridized carbons (Fsp3) is 0.400. The van der Waals surface area contributed by atoms with Gasteiger partial charge in [0.15, 0.2) is 0 Å². The van der Waals surface area contributed by atoms with Crippen molar-refractivity contribution in [3.8, 4) is 0 Å². The zero-order chi connectivity index (χ0) is 21.5. The number of rotatable bonds is 4. The van der Waals surface area contributed by atoms with Gasteiger partial charge in [0, 0.05) is 23.7 Å². The average molecular weight is 474 g/mol. The van der Waals surface area contributed by atoms with Crippen LogP contribution in [0.4, 0.5) is 10.2 Å². The highest BCUT2D eigenvalue weighted by Crippen LogP contribution is 2.54. The second-order valence-corrected chi connectivity index (χ2v) is 9.56. The molecule has 2 aromatic heterocycles. The maximum Gasteiger partial charge on any atom is 0.228 e. The summed E-state index contributed by atoms with van der Waals surface area (Å²) in [5.41, 5.74) is 2.07. The minimum Gasteiger partial charge on any atom is -0.310 e. The number of carbonyl (C=O) groups excluding carboxylic acids is 1. The van der Waals surface area contributed by atoms with Crippen molar-refractivity contribution >= 4 is 46.6 Å². The van der Waals surface area contributed by atoms with E-state index in [1.54, 1.807) is 24.3 Å². The number of amides is 1. The SMILES string of the molecule is C[C@@H](C(=O)Nc1ccc(Cl)cn1)C1C[C@H]2CC(c3ccnc4ccc(F)cc34)C[C@H]2C1.Cl. The van der Waals surface area contributed by atoms with Gasteiger partial charge in [-0.2, -0.15) is 0 Å². The summed E-state index contributed by atoms with van der Waals surface area (Å²) in [5, 5.41) is 4.41. The molecule has 2 aliphatic carbocycles. The molecule has 2 aliphatic rings. The molecular weight excluding hydrogens is 448 g/mol. The number of nitrogens with one attached hydrogen (secondary N) is 1. The van der Waals surface area contributed by atoms with Gasteiger partial charge < -0.3 is 5.32 Å². The van der Waals surface area contributed by atoms with Gasteiger partial charge in [0.1, 0.15) is 11.6 Å². The molecule has 5 atom stereocenters. The lowest BCUT2D eigenvalue weighted by Gasteiger charge is -2.21. The lowest BCUT2D eigenvalue weighted by molar-refractivity contribution is -0.120. The van der Waals surface area contributed by atoms with Crippen molar-refractivity contribution < 1.29 is 9.18 Å². The van der Waals surface area contributed by atoms with E-state index in [1.165, 1.54) is 17.8 Å². The lowest BCUT2D eigenvalue weighted by atomic mass is 9.86. The fourth-order valence-electron chi connectivity index (χ4n) is 5.73. The average Bonchev–Trinajstić information content (AvgIpc) is 3.33. The van der Waals surface area contributed by atoms with Gasteiger partial charge in [-0.3, -0.25) is 9.78 Å². The summed E-state index contributed by atoms with van der Waals surface area (Å²) in [4.78, 5) is 21.3. The number of halogens is 3. The van der Waals surface area contributed by atoms with E-state index < -0.39 is 0 Å². The van der Waals surface area contributed by atoms with Crippen LogP contribution in [-0.2, 0) is 4.79 Å². The van der Waals surface area contributed by atoms with Gasteiger partial charge in [-0.15, -0.1) is 12.4 Å². The number of hydrogen-bond donors (Lipinski definition) is 1. The van der Waals surface area contributed by atoms with Crippen LogP contribution in [0.2, 0.25) is 5.02 Å². The summed E-state index contributed by atoms with van der Waals surface area (Å²) in [6.07, 6.45) is 7.72. The Kier molecular flexibility index (Phi) is 6.68. The molecule has 2 heterocycles. The van der Waals surface area contributed by atoms with Crippen molar-refractivity contribution in [1.29, 1.82) is 0 Å². The second-order valence-electron chi connectivity index (χ2n) is 9.12. The van der Waals surface area contributed by atoms with Crippen LogP contribution in [0.15, 0.2) is 48.8 Å². The van der Waals surface area contributed by atoms with Crippen LogP contribution in [0.25, 0.3) is 10.9 Å². The van der Waals surface area contributed by atoms with Crippen molar-refractivity contribution in [1.82, 2.24) is 9.97 Å². The molecule has 1 N–H and O–H groups in total. The van der Waals surface area contributed by atoms with Gasteiger partial charge in [0.25, 0.3) is 0 Å². The minimum absolute atomic E-state index is 0. The Balaban J connectivity index is 0.00000245. The van der Waals surface area contributed by atoms with E-state index in [0.717, 1.165) is 36.6 Å². The minimum atomic E-state index is -0.213. The molecular formula is C25H26Cl2FN3O. The maximum absolute atomic E-state index is 13.8. The lowest BCUT2D eigenvalue weighted by Crippen LogP contribution is -2.26. The van der Waals surface area contributed by atoms with E-state index in [2.05, 4.69) is 21.4 Å². The fourth-order valence-corrected chi connectivity index (χ4v) is 5.84. The van der Waals surface area contributed by atoms with Crippen molar-refractivity contribution in [2.24, 2.45) is 23.7 Å². The summed E-state index contributed by atoms with van der Waals surface area (Å²) in [6.45, 7) is 2.02. The van der Waals surface area contributed by atoms with Gasteiger partial charge in [0.05, 0.1) is 10.5 Å². The van der Waals surface area contributed by atoms with Gasteiger partial charge in [-0.25, -0.2) is 9.37 Å². The van der Waals surface area contributed by atoms with E-state index >= 15 is 0 Å². The smallest absolute Gasteiger partial charge is 0.228 e. The Hall–Kier alpha value is -2.24. The predicted molar refractivity (Wildman–Crippen MR) is 128 cm³/mol. The first-order valence-corrected chi connectivity index (χ1v) is 11.3. The maximum atomic E-state index is 13.8. The second kappa shape index (κ2) is 9.32. The Morgan fingerprint density at radius 3 is 2.53 bits per heavy atom. The Labute approximate surface area is 198 Å². The summed E-state index contributed by atoms with van der Waals surface area (Å²) in [7, 11) is 0. The van der Waals surface area contributed by atoms with Crippen LogP contribution in [0.5, 0.6) is 0 Å². The number of hydrogen-bond acceptors (Lipinski definition) is 3. The van der Waals surface area contributed by atoms with E-state index in [0.29, 0.717) is 34.5 Å². The normalized spacial score (nSPS) is 25.2. The number of benzene rings is 1. The molecule has 5 rings (SSSR count). The van der Waals surface area contributed by atoms with Crippen LogP contribution >= 0.6 is 24.0 Å². The van der Waals surface area contributed by atoms with Crippen LogP contribution in [0, 0.1) is 29.5 Å². The first-order valence-electron chi connectivity index (χ1n) is 10.9. The Morgan fingerprint density at radius 2 is 1.84 bits per heavy atom. The zero-order valence-electron chi connectivity index (χ0n) is 17.8. The van der Waals surface area contributed by atoms with Crippen LogP contribution in [-0.4, -0.2) is 15.9 Å². The van der Waals surface area contributed by atoms with E-state index in [4.69, 9.17) is 11.6 Å². The molecule has 2 fully saturated rings. The molecule has 7 heteroatoms. The zero-order valence-corrected chi connectivity index (χ0v) is 19.4. The monoisotopic (exact) mass is 473 g/mol. The number of nitrogens with zero attached hydrogens (tertiary/aromatic N) is 2.